The molecule has 1 N–H and O–H groups in total. The van der Waals surface area contributed by atoms with Gasteiger partial charge in [-0.25, -0.2) is 4.39 Å². The van der Waals surface area contributed by atoms with Crippen LogP contribution in [-0.2, 0) is 22.6 Å². The fraction of sp³-hybridized carbons (Fsp3) is 0.333. The van der Waals surface area contributed by atoms with Crippen LogP contribution >= 0.6 is 0 Å². The highest BCUT2D eigenvalue weighted by molar-refractivity contribution is 5.88. The van der Waals surface area contributed by atoms with Gasteiger partial charge in [-0.1, -0.05) is 48.9 Å². The monoisotopic (exact) mass is 356 g/mol. The topological polar surface area (TPSA) is 49.4 Å². The van der Waals surface area contributed by atoms with E-state index in [1.54, 1.807) is 24.1 Å². The van der Waals surface area contributed by atoms with Crippen molar-refractivity contribution in [3.05, 3.63) is 71.0 Å². The van der Waals surface area contributed by atoms with Crippen molar-refractivity contribution < 1.29 is 14.0 Å². The van der Waals surface area contributed by atoms with Gasteiger partial charge in [0.05, 0.1) is 6.42 Å². The maximum Gasteiger partial charge on any atom is 0.242 e. The quantitative estimate of drug-likeness (QED) is 0.828. The first-order valence-corrected chi connectivity index (χ1v) is 8.75. The third kappa shape index (κ3) is 5.15. The summed E-state index contributed by atoms with van der Waals surface area (Å²) in [7, 11) is 1.56. The van der Waals surface area contributed by atoms with E-state index in [0.29, 0.717) is 6.42 Å². The molecule has 2 aromatic rings. The summed E-state index contributed by atoms with van der Waals surface area (Å²) in [5.41, 5.74) is 2.81. The zero-order valence-electron chi connectivity index (χ0n) is 15.5. The van der Waals surface area contributed by atoms with E-state index in [1.807, 2.05) is 38.1 Å². The molecule has 0 saturated carbocycles. The van der Waals surface area contributed by atoms with Crippen molar-refractivity contribution in [2.24, 2.45) is 0 Å². The molecule has 0 aliphatic carbocycles. The van der Waals surface area contributed by atoms with E-state index in [9.17, 15) is 14.0 Å². The highest BCUT2D eigenvalue weighted by Crippen LogP contribution is 2.15. The van der Waals surface area contributed by atoms with Gasteiger partial charge in [-0.05, 0) is 36.6 Å². The summed E-state index contributed by atoms with van der Waals surface area (Å²) < 4.78 is 13.2. The highest BCUT2D eigenvalue weighted by Gasteiger charge is 2.27. The van der Waals surface area contributed by atoms with Crippen LogP contribution in [0.1, 0.15) is 30.0 Å². The Balaban J connectivity index is 2.25. The Morgan fingerprint density at radius 2 is 1.62 bits per heavy atom. The van der Waals surface area contributed by atoms with Crippen molar-refractivity contribution in [3.63, 3.8) is 0 Å². The van der Waals surface area contributed by atoms with Crippen LogP contribution in [0.2, 0.25) is 0 Å². The van der Waals surface area contributed by atoms with E-state index in [0.717, 1.165) is 16.7 Å². The van der Waals surface area contributed by atoms with E-state index in [-0.39, 0.29) is 30.6 Å². The van der Waals surface area contributed by atoms with E-state index in [2.05, 4.69) is 5.32 Å². The Bertz CT molecular complexity index is 742. The number of likely N-dealkylation sites (N-methyl/N-ethyl adjacent to an activating group) is 1. The lowest BCUT2D eigenvalue weighted by atomic mass is 10.1. The van der Waals surface area contributed by atoms with Crippen molar-refractivity contribution in [1.82, 2.24) is 10.2 Å². The fourth-order valence-corrected chi connectivity index (χ4v) is 2.85. The Hall–Kier alpha value is -2.69. The molecule has 0 bridgehead atoms. The van der Waals surface area contributed by atoms with Crippen LogP contribution in [0.3, 0.4) is 0 Å². The number of hydrogen-bond acceptors (Lipinski definition) is 2. The molecule has 0 aromatic heterocycles. The molecule has 2 amide bonds. The van der Waals surface area contributed by atoms with E-state index >= 15 is 0 Å². The molecule has 4 nitrogen and oxygen atoms in total. The van der Waals surface area contributed by atoms with Gasteiger partial charge in [0.1, 0.15) is 11.9 Å². The molecule has 2 aromatic carbocycles. The van der Waals surface area contributed by atoms with Gasteiger partial charge < -0.3 is 10.2 Å². The third-order valence-corrected chi connectivity index (χ3v) is 4.37. The molecule has 138 valence electrons. The minimum Gasteiger partial charge on any atom is -0.357 e. The normalized spacial score (nSPS) is 11.7. The van der Waals surface area contributed by atoms with E-state index in [4.69, 9.17) is 0 Å². The second-order valence-corrected chi connectivity index (χ2v) is 6.35. The van der Waals surface area contributed by atoms with Crippen LogP contribution in [0.25, 0.3) is 0 Å². The summed E-state index contributed by atoms with van der Waals surface area (Å²) in [5.74, 6) is -0.662. The summed E-state index contributed by atoms with van der Waals surface area (Å²) in [5, 5.41) is 2.62. The summed E-state index contributed by atoms with van der Waals surface area (Å²) in [6.07, 6.45) is 0.718. The van der Waals surface area contributed by atoms with E-state index < -0.39 is 6.04 Å². The number of rotatable bonds is 7. The van der Waals surface area contributed by atoms with Crippen LogP contribution in [0.5, 0.6) is 0 Å². The standard InChI is InChI=1S/C21H25FN2O2/c1-4-19(21(26)23-3)24(14-17-9-11-18(22)12-10-17)20(25)13-16-7-5-15(2)6-8-16/h5-12,19H,4,13-14H2,1-3H3,(H,23,26). The summed E-state index contributed by atoms with van der Waals surface area (Å²) >= 11 is 0. The number of aryl methyl sites for hydroxylation is 1. The molecule has 0 aliphatic rings. The molecule has 0 fully saturated rings. The average Bonchev–Trinajstić information content (AvgIpc) is 2.64. The van der Waals surface area contributed by atoms with Crippen LogP contribution in [0, 0.1) is 12.7 Å². The predicted octanol–water partition coefficient (Wildman–Crippen LogP) is 3.23. The van der Waals surface area contributed by atoms with Gasteiger partial charge in [0.15, 0.2) is 0 Å². The first-order chi connectivity index (χ1) is 12.4. The predicted molar refractivity (Wildman–Crippen MR) is 100.0 cm³/mol. The minimum absolute atomic E-state index is 0.131. The fourth-order valence-electron chi connectivity index (χ4n) is 2.85. The molecule has 0 heterocycles. The van der Waals surface area contributed by atoms with Crippen molar-refractivity contribution in [3.8, 4) is 0 Å². The smallest absolute Gasteiger partial charge is 0.242 e. The van der Waals surface area contributed by atoms with Crippen LogP contribution < -0.4 is 5.32 Å². The zero-order valence-corrected chi connectivity index (χ0v) is 15.5. The Morgan fingerprint density at radius 1 is 1.04 bits per heavy atom. The van der Waals surface area contributed by atoms with Crippen molar-refractivity contribution in [2.75, 3.05) is 7.05 Å². The second kappa shape index (κ2) is 9.13. The van der Waals surface area contributed by atoms with E-state index in [1.165, 1.54) is 12.1 Å². The number of carbonyl (C=O) groups is 2. The molecule has 0 spiro atoms. The molecule has 1 unspecified atom stereocenters. The lowest BCUT2D eigenvalue weighted by Gasteiger charge is -2.30. The van der Waals surface area contributed by atoms with Gasteiger partial charge in [0.2, 0.25) is 11.8 Å². The molecular weight excluding hydrogens is 331 g/mol. The van der Waals surface area contributed by atoms with Gasteiger partial charge in [-0.15, -0.1) is 0 Å². The first kappa shape index (κ1) is 19.6. The molecule has 1 atom stereocenters. The van der Waals surface area contributed by atoms with Crippen LogP contribution in [0.4, 0.5) is 4.39 Å². The molecular formula is C21H25FN2O2. The van der Waals surface area contributed by atoms with Gasteiger partial charge in [-0.3, -0.25) is 9.59 Å². The second-order valence-electron chi connectivity index (χ2n) is 6.35. The summed E-state index contributed by atoms with van der Waals surface area (Å²) in [6, 6.07) is 13.2. The van der Waals surface area contributed by atoms with Gasteiger partial charge in [0, 0.05) is 13.6 Å². The minimum atomic E-state index is -0.567. The number of nitrogens with zero attached hydrogens (tertiary/aromatic N) is 1. The lowest BCUT2D eigenvalue weighted by molar-refractivity contribution is -0.140. The number of nitrogens with one attached hydrogen (secondary N) is 1. The number of hydrogen-bond donors (Lipinski definition) is 1. The van der Waals surface area contributed by atoms with Gasteiger partial charge in [-0.2, -0.15) is 0 Å². The van der Waals surface area contributed by atoms with Crippen LogP contribution in [0.15, 0.2) is 48.5 Å². The molecule has 26 heavy (non-hydrogen) atoms. The SMILES string of the molecule is CCC(C(=O)NC)N(Cc1ccc(F)cc1)C(=O)Cc1ccc(C)cc1. The number of benzene rings is 2. The van der Waals surface area contributed by atoms with Crippen LogP contribution in [-0.4, -0.2) is 29.8 Å². The number of halogens is 1. The molecule has 0 saturated heterocycles. The summed E-state index contributed by atoms with van der Waals surface area (Å²) in [4.78, 5) is 26.8. The van der Waals surface area contributed by atoms with Crippen molar-refractivity contribution in [1.29, 1.82) is 0 Å². The van der Waals surface area contributed by atoms with Gasteiger partial charge >= 0.3 is 0 Å². The lowest BCUT2D eigenvalue weighted by Crippen LogP contribution is -2.48. The largest absolute Gasteiger partial charge is 0.357 e. The number of carbonyl (C=O) groups excluding carboxylic acids is 2. The molecule has 5 heteroatoms. The Morgan fingerprint density at radius 3 is 2.15 bits per heavy atom. The highest BCUT2D eigenvalue weighted by atomic mass is 19.1. The maximum absolute atomic E-state index is 13.2. The third-order valence-electron chi connectivity index (χ3n) is 4.37. The van der Waals surface area contributed by atoms with Crippen molar-refractivity contribution in [2.45, 2.75) is 39.3 Å². The van der Waals surface area contributed by atoms with Gasteiger partial charge in [0.25, 0.3) is 0 Å². The average molecular weight is 356 g/mol. The molecule has 0 radical (unpaired) electrons. The Labute approximate surface area is 154 Å². The number of amides is 2. The zero-order chi connectivity index (χ0) is 19.1. The van der Waals surface area contributed by atoms with Crippen molar-refractivity contribution >= 4 is 11.8 Å². The first-order valence-electron chi connectivity index (χ1n) is 8.75. The Kier molecular flexibility index (Phi) is 6.89. The molecule has 0 aliphatic heterocycles. The maximum atomic E-state index is 13.2. The molecule has 2 rings (SSSR count). The summed E-state index contributed by atoms with van der Waals surface area (Å²) in [6.45, 7) is 4.12.